The normalized spacial score (nSPS) is 16.6. The van der Waals surface area contributed by atoms with Crippen LogP contribution in [0.25, 0.3) is 0 Å². The van der Waals surface area contributed by atoms with Gasteiger partial charge in [-0.1, -0.05) is 46.6 Å². The molecule has 1 atom stereocenters. The predicted molar refractivity (Wildman–Crippen MR) is 81.0 cm³/mol. The van der Waals surface area contributed by atoms with Crippen molar-refractivity contribution < 1.29 is 4.43 Å². The fourth-order valence-electron chi connectivity index (χ4n) is 1.82. The second kappa shape index (κ2) is 6.19. The summed E-state index contributed by atoms with van der Waals surface area (Å²) in [6.45, 7) is 19.9. The molecule has 0 aromatic carbocycles. The van der Waals surface area contributed by atoms with E-state index < -0.39 is 8.32 Å². The molecule has 1 unspecified atom stereocenters. The molecule has 0 spiro atoms. The Balaban J connectivity index is 4.79. The average molecular weight is 257 g/mol. The van der Waals surface area contributed by atoms with Crippen LogP contribution in [0.2, 0.25) is 18.1 Å². The van der Waals surface area contributed by atoms with Gasteiger partial charge in [0, 0.05) is 0 Å². The third-order valence-corrected chi connectivity index (χ3v) is 8.56. The van der Waals surface area contributed by atoms with Crippen molar-refractivity contribution in [3.63, 3.8) is 0 Å². The lowest BCUT2D eigenvalue weighted by atomic mass is 9.96. The van der Waals surface area contributed by atoms with Crippen LogP contribution in [-0.4, -0.2) is 13.9 Å². The molecule has 0 saturated carbocycles. The van der Waals surface area contributed by atoms with Crippen molar-refractivity contribution >= 4 is 8.32 Å². The second-order valence-electron chi connectivity index (χ2n) is 6.91. The summed E-state index contributed by atoms with van der Waals surface area (Å²) in [4.78, 5) is 0. The summed E-state index contributed by atoms with van der Waals surface area (Å²) in [5.74, 6) is 0. The zero-order chi connectivity index (χ0) is 13.7. The van der Waals surface area contributed by atoms with Gasteiger partial charge in [-0.05, 0) is 37.9 Å². The SMILES string of the molecule is C=CCC(C)(CCCC)O[Si](C)(C)C(C)(C)C. The predicted octanol–water partition coefficient (Wildman–Crippen LogP) is 5.53. The Labute approximate surface area is 110 Å². The highest BCUT2D eigenvalue weighted by atomic mass is 28.4. The van der Waals surface area contributed by atoms with Crippen LogP contribution in [0.4, 0.5) is 0 Å². The van der Waals surface area contributed by atoms with Gasteiger partial charge >= 0.3 is 0 Å². The molecule has 0 radical (unpaired) electrons. The second-order valence-corrected chi connectivity index (χ2v) is 11.6. The first-order valence-corrected chi connectivity index (χ1v) is 9.80. The van der Waals surface area contributed by atoms with E-state index >= 15 is 0 Å². The lowest BCUT2D eigenvalue weighted by Crippen LogP contribution is -2.48. The molecular weight excluding hydrogens is 224 g/mol. The van der Waals surface area contributed by atoms with Crippen molar-refractivity contribution in [1.82, 2.24) is 0 Å². The van der Waals surface area contributed by atoms with Crippen LogP contribution >= 0.6 is 0 Å². The minimum absolute atomic E-state index is 0.0131. The fraction of sp³-hybridized carbons (Fsp3) is 0.867. The van der Waals surface area contributed by atoms with E-state index in [1.54, 1.807) is 0 Å². The Kier molecular flexibility index (Phi) is 6.16. The van der Waals surface area contributed by atoms with Gasteiger partial charge < -0.3 is 4.43 Å². The first kappa shape index (κ1) is 16.9. The summed E-state index contributed by atoms with van der Waals surface area (Å²) in [6.07, 6.45) is 6.57. The van der Waals surface area contributed by atoms with Gasteiger partial charge in [-0.25, -0.2) is 0 Å². The number of unbranched alkanes of at least 4 members (excludes halogenated alkanes) is 1. The molecule has 0 heterocycles. The molecule has 0 amide bonds. The van der Waals surface area contributed by atoms with Crippen LogP contribution in [0, 0.1) is 0 Å². The molecule has 102 valence electrons. The molecule has 0 N–H and O–H groups in total. The number of rotatable bonds is 7. The summed E-state index contributed by atoms with van der Waals surface area (Å²) >= 11 is 0. The van der Waals surface area contributed by atoms with Crippen LogP contribution in [0.1, 0.15) is 60.3 Å². The third-order valence-electron chi connectivity index (χ3n) is 3.94. The Morgan fingerprint density at radius 1 is 1.18 bits per heavy atom. The monoisotopic (exact) mass is 256 g/mol. The minimum Gasteiger partial charge on any atom is -0.411 e. The van der Waals surface area contributed by atoms with E-state index in [-0.39, 0.29) is 10.6 Å². The lowest BCUT2D eigenvalue weighted by Gasteiger charge is -2.44. The summed E-state index contributed by atoms with van der Waals surface area (Å²) in [6, 6.07) is 0. The first-order valence-electron chi connectivity index (χ1n) is 6.89. The van der Waals surface area contributed by atoms with Gasteiger partial charge in [0.05, 0.1) is 5.60 Å². The van der Waals surface area contributed by atoms with Crippen molar-refractivity contribution in [2.24, 2.45) is 0 Å². The van der Waals surface area contributed by atoms with Crippen molar-refractivity contribution in [2.75, 3.05) is 0 Å². The molecule has 0 fully saturated rings. The molecule has 0 aromatic rings. The van der Waals surface area contributed by atoms with Crippen LogP contribution in [0.15, 0.2) is 12.7 Å². The summed E-state index contributed by atoms with van der Waals surface area (Å²) in [5.41, 5.74) is -0.0131. The number of hydrogen-bond acceptors (Lipinski definition) is 1. The van der Waals surface area contributed by atoms with Gasteiger partial charge in [0.15, 0.2) is 8.32 Å². The summed E-state index contributed by atoms with van der Waals surface area (Å²) in [5, 5.41) is 0.279. The molecule has 0 aliphatic heterocycles. The van der Waals surface area contributed by atoms with E-state index in [0.717, 1.165) is 12.8 Å². The Bertz CT molecular complexity index is 240. The van der Waals surface area contributed by atoms with E-state index in [0.29, 0.717) is 0 Å². The van der Waals surface area contributed by atoms with E-state index in [1.165, 1.54) is 12.8 Å². The topological polar surface area (TPSA) is 9.23 Å². The van der Waals surface area contributed by atoms with Crippen molar-refractivity contribution in [3.05, 3.63) is 12.7 Å². The van der Waals surface area contributed by atoms with Crippen LogP contribution in [0.3, 0.4) is 0 Å². The summed E-state index contributed by atoms with van der Waals surface area (Å²) in [7, 11) is -1.68. The Morgan fingerprint density at radius 3 is 2.06 bits per heavy atom. The van der Waals surface area contributed by atoms with Gasteiger partial charge in [-0.15, -0.1) is 6.58 Å². The zero-order valence-corrected chi connectivity index (χ0v) is 14.0. The van der Waals surface area contributed by atoms with Crippen LogP contribution < -0.4 is 0 Å². The zero-order valence-electron chi connectivity index (χ0n) is 13.0. The molecule has 0 aromatic heterocycles. The largest absolute Gasteiger partial charge is 0.411 e. The van der Waals surface area contributed by atoms with Gasteiger partial charge in [0.2, 0.25) is 0 Å². The molecule has 2 heteroatoms. The van der Waals surface area contributed by atoms with Gasteiger partial charge in [0.1, 0.15) is 0 Å². The molecule has 0 aliphatic rings. The summed E-state index contributed by atoms with van der Waals surface area (Å²) < 4.78 is 6.60. The minimum atomic E-state index is -1.68. The molecule has 17 heavy (non-hydrogen) atoms. The molecule has 0 aliphatic carbocycles. The Hall–Kier alpha value is -0.0831. The third kappa shape index (κ3) is 5.39. The van der Waals surface area contributed by atoms with Crippen LogP contribution in [0.5, 0.6) is 0 Å². The van der Waals surface area contributed by atoms with E-state index in [9.17, 15) is 0 Å². The van der Waals surface area contributed by atoms with Crippen molar-refractivity contribution in [2.45, 2.75) is 84.0 Å². The quantitative estimate of drug-likeness (QED) is 0.429. The average Bonchev–Trinajstić information content (AvgIpc) is 2.12. The van der Waals surface area contributed by atoms with E-state index in [4.69, 9.17) is 4.43 Å². The molecule has 0 bridgehead atoms. The van der Waals surface area contributed by atoms with Crippen molar-refractivity contribution in [3.8, 4) is 0 Å². The van der Waals surface area contributed by atoms with Gasteiger partial charge in [0.25, 0.3) is 0 Å². The highest BCUT2D eigenvalue weighted by Gasteiger charge is 2.42. The van der Waals surface area contributed by atoms with Gasteiger partial charge in [-0.3, -0.25) is 0 Å². The van der Waals surface area contributed by atoms with E-state index in [2.05, 4.69) is 54.3 Å². The van der Waals surface area contributed by atoms with Crippen molar-refractivity contribution in [1.29, 1.82) is 0 Å². The molecular formula is C15H32OSi. The number of hydrogen-bond donors (Lipinski definition) is 0. The standard InChI is InChI=1S/C15H32OSi/c1-9-11-13-15(6,12-10-2)16-17(7,8)14(3,4)5/h10H,2,9,11-13H2,1,3-8H3. The maximum absolute atomic E-state index is 6.60. The maximum Gasteiger partial charge on any atom is 0.192 e. The highest BCUT2D eigenvalue weighted by Crippen LogP contribution is 2.41. The highest BCUT2D eigenvalue weighted by molar-refractivity contribution is 6.74. The molecule has 0 rings (SSSR count). The lowest BCUT2D eigenvalue weighted by molar-refractivity contribution is 0.0636. The maximum atomic E-state index is 6.60. The first-order chi connectivity index (χ1) is 7.58. The molecule has 0 saturated heterocycles. The fourth-order valence-corrected chi connectivity index (χ4v) is 3.54. The van der Waals surface area contributed by atoms with Gasteiger partial charge in [-0.2, -0.15) is 0 Å². The molecule has 1 nitrogen and oxygen atoms in total. The van der Waals surface area contributed by atoms with Crippen LogP contribution in [-0.2, 0) is 4.43 Å². The smallest absolute Gasteiger partial charge is 0.192 e. The van der Waals surface area contributed by atoms with E-state index in [1.807, 2.05) is 6.08 Å². The Morgan fingerprint density at radius 2 is 1.71 bits per heavy atom.